The van der Waals surface area contributed by atoms with Crippen LogP contribution in [0.1, 0.15) is 23.6 Å². The molecule has 1 N–H and O–H groups in total. The van der Waals surface area contributed by atoms with Crippen molar-refractivity contribution in [3.8, 4) is 0 Å². The van der Waals surface area contributed by atoms with Crippen LogP contribution in [0.2, 0.25) is 0 Å². The van der Waals surface area contributed by atoms with Crippen molar-refractivity contribution in [2.75, 3.05) is 7.05 Å². The van der Waals surface area contributed by atoms with E-state index in [1.165, 1.54) is 11.6 Å². The van der Waals surface area contributed by atoms with Crippen LogP contribution >= 0.6 is 15.9 Å². The summed E-state index contributed by atoms with van der Waals surface area (Å²) in [6.07, 6.45) is 1.91. The van der Waals surface area contributed by atoms with Crippen LogP contribution < -0.4 is 5.32 Å². The molecule has 0 fully saturated rings. The number of hydrogen-bond acceptors (Lipinski definition) is 1. The molecule has 2 aromatic carbocycles. The molecule has 0 saturated heterocycles. The van der Waals surface area contributed by atoms with Crippen molar-refractivity contribution in [3.05, 3.63) is 69.9 Å². The van der Waals surface area contributed by atoms with Gasteiger partial charge in [0, 0.05) is 10.5 Å². The second-order valence-electron chi connectivity index (χ2n) is 4.57. The molecule has 0 aliphatic heterocycles. The highest BCUT2D eigenvalue weighted by Crippen LogP contribution is 2.23. The summed E-state index contributed by atoms with van der Waals surface area (Å²) in [5.41, 5.74) is 2.28. The average molecular weight is 322 g/mol. The van der Waals surface area contributed by atoms with E-state index in [4.69, 9.17) is 0 Å². The van der Waals surface area contributed by atoms with Crippen molar-refractivity contribution in [1.82, 2.24) is 5.32 Å². The van der Waals surface area contributed by atoms with E-state index >= 15 is 0 Å². The quantitative estimate of drug-likeness (QED) is 0.856. The zero-order chi connectivity index (χ0) is 13.7. The average Bonchev–Trinajstić information content (AvgIpc) is 2.39. The first kappa shape index (κ1) is 14.2. The zero-order valence-electron chi connectivity index (χ0n) is 10.9. The Morgan fingerprint density at radius 3 is 2.53 bits per heavy atom. The van der Waals surface area contributed by atoms with Gasteiger partial charge in [0.2, 0.25) is 0 Å². The minimum Gasteiger partial charge on any atom is -0.313 e. The van der Waals surface area contributed by atoms with Crippen LogP contribution in [0.3, 0.4) is 0 Å². The summed E-state index contributed by atoms with van der Waals surface area (Å²) in [7, 11) is 1.91. The van der Waals surface area contributed by atoms with Gasteiger partial charge in [0.15, 0.2) is 0 Å². The van der Waals surface area contributed by atoms with E-state index in [1.807, 2.05) is 31.3 Å². The lowest BCUT2D eigenvalue weighted by molar-refractivity contribution is 0.541. The van der Waals surface area contributed by atoms with Crippen LogP contribution in [0.4, 0.5) is 4.39 Å². The first-order valence-electron chi connectivity index (χ1n) is 6.36. The smallest absolute Gasteiger partial charge is 0.124 e. The molecule has 0 heterocycles. The Balaban J connectivity index is 2.07. The van der Waals surface area contributed by atoms with E-state index in [1.54, 1.807) is 6.07 Å². The molecule has 100 valence electrons. The fourth-order valence-corrected chi connectivity index (χ4v) is 2.69. The third-order valence-corrected chi connectivity index (χ3v) is 3.66. The van der Waals surface area contributed by atoms with E-state index < -0.39 is 0 Å². The van der Waals surface area contributed by atoms with Gasteiger partial charge in [0.1, 0.15) is 5.82 Å². The Morgan fingerprint density at radius 2 is 1.89 bits per heavy atom. The fourth-order valence-electron chi connectivity index (χ4n) is 2.21. The monoisotopic (exact) mass is 321 g/mol. The predicted molar refractivity (Wildman–Crippen MR) is 80.7 cm³/mol. The maximum absolute atomic E-state index is 13.4. The van der Waals surface area contributed by atoms with E-state index in [0.717, 1.165) is 22.9 Å². The van der Waals surface area contributed by atoms with Gasteiger partial charge in [-0.2, -0.15) is 0 Å². The second-order valence-corrected chi connectivity index (χ2v) is 5.48. The van der Waals surface area contributed by atoms with E-state index in [9.17, 15) is 4.39 Å². The molecule has 1 nitrogen and oxygen atoms in total. The van der Waals surface area contributed by atoms with Gasteiger partial charge >= 0.3 is 0 Å². The van der Waals surface area contributed by atoms with Gasteiger partial charge in [-0.25, -0.2) is 4.39 Å². The van der Waals surface area contributed by atoms with Gasteiger partial charge in [-0.3, -0.25) is 0 Å². The molecule has 1 atom stereocenters. The maximum atomic E-state index is 13.4. The molecule has 2 aromatic rings. The molecule has 1 unspecified atom stereocenters. The van der Waals surface area contributed by atoms with E-state index in [0.29, 0.717) is 0 Å². The third kappa shape index (κ3) is 4.15. The molecule has 0 radical (unpaired) electrons. The lowest BCUT2D eigenvalue weighted by Gasteiger charge is -2.17. The number of halogens is 2. The topological polar surface area (TPSA) is 12.0 Å². The molecule has 0 bridgehead atoms. The maximum Gasteiger partial charge on any atom is 0.124 e. The van der Waals surface area contributed by atoms with Crippen LogP contribution in [0, 0.1) is 5.82 Å². The highest BCUT2D eigenvalue weighted by molar-refractivity contribution is 9.10. The predicted octanol–water partition coefficient (Wildman–Crippen LogP) is 4.48. The van der Waals surface area contributed by atoms with Gasteiger partial charge in [-0.1, -0.05) is 46.3 Å². The third-order valence-electron chi connectivity index (χ3n) is 3.20. The van der Waals surface area contributed by atoms with Crippen LogP contribution in [0.25, 0.3) is 0 Å². The SMILES string of the molecule is CNC(CCc1ccccc1)c1cc(F)cc(Br)c1. The van der Waals surface area contributed by atoms with Gasteiger partial charge in [-0.05, 0) is 49.2 Å². The highest BCUT2D eigenvalue weighted by atomic mass is 79.9. The lowest BCUT2D eigenvalue weighted by Crippen LogP contribution is -2.17. The summed E-state index contributed by atoms with van der Waals surface area (Å²) in [4.78, 5) is 0. The summed E-state index contributed by atoms with van der Waals surface area (Å²) in [5, 5.41) is 3.26. The largest absolute Gasteiger partial charge is 0.313 e. The second kappa shape index (κ2) is 6.83. The fraction of sp³-hybridized carbons (Fsp3) is 0.250. The molecule has 0 aromatic heterocycles. The van der Waals surface area contributed by atoms with Gasteiger partial charge in [0.05, 0.1) is 0 Å². The lowest BCUT2D eigenvalue weighted by atomic mass is 9.99. The first-order valence-corrected chi connectivity index (χ1v) is 7.15. The first-order chi connectivity index (χ1) is 9.19. The number of rotatable bonds is 5. The van der Waals surface area contributed by atoms with E-state index in [2.05, 4.69) is 33.4 Å². The zero-order valence-corrected chi connectivity index (χ0v) is 12.5. The van der Waals surface area contributed by atoms with Crippen molar-refractivity contribution in [3.63, 3.8) is 0 Å². The molecular formula is C16H17BrFN. The van der Waals surface area contributed by atoms with Crippen molar-refractivity contribution < 1.29 is 4.39 Å². The van der Waals surface area contributed by atoms with Gasteiger partial charge < -0.3 is 5.32 Å². The Bertz CT molecular complexity index is 507. The summed E-state index contributed by atoms with van der Waals surface area (Å²) in [5.74, 6) is -0.204. The van der Waals surface area contributed by atoms with Crippen LogP contribution in [0.15, 0.2) is 53.0 Å². The van der Waals surface area contributed by atoms with Crippen molar-refractivity contribution in [2.45, 2.75) is 18.9 Å². The van der Waals surface area contributed by atoms with Crippen molar-refractivity contribution in [1.29, 1.82) is 0 Å². The normalized spacial score (nSPS) is 12.4. The Labute approximate surface area is 122 Å². The van der Waals surface area contributed by atoms with Crippen LogP contribution in [-0.4, -0.2) is 7.05 Å². The van der Waals surface area contributed by atoms with Crippen LogP contribution in [0.5, 0.6) is 0 Å². The Morgan fingerprint density at radius 1 is 1.16 bits per heavy atom. The Kier molecular flexibility index (Phi) is 5.11. The van der Waals surface area contributed by atoms with Gasteiger partial charge in [-0.15, -0.1) is 0 Å². The van der Waals surface area contributed by atoms with Crippen LogP contribution in [-0.2, 0) is 6.42 Å². The molecular weight excluding hydrogens is 305 g/mol. The van der Waals surface area contributed by atoms with E-state index in [-0.39, 0.29) is 11.9 Å². The molecule has 3 heteroatoms. The Hall–Kier alpha value is -1.19. The van der Waals surface area contributed by atoms with Crippen molar-refractivity contribution in [2.24, 2.45) is 0 Å². The number of hydrogen-bond donors (Lipinski definition) is 1. The highest BCUT2D eigenvalue weighted by Gasteiger charge is 2.11. The summed E-state index contributed by atoms with van der Waals surface area (Å²) in [6, 6.07) is 15.5. The van der Waals surface area contributed by atoms with Crippen molar-refractivity contribution >= 4 is 15.9 Å². The minimum absolute atomic E-state index is 0.159. The molecule has 0 aliphatic rings. The molecule has 0 spiro atoms. The minimum atomic E-state index is -0.204. The molecule has 2 rings (SSSR count). The summed E-state index contributed by atoms with van der Waals surface area (Å²) in [6.45, 7) is 0. The van der Waals surface area contributed by atoms with Gasteiger partial charge in [0.25, 0.3) is 0 Å². The molecule has 0 amide bonds. The molecule has 0 saturated carbocycles. The summed E-state index contributed by atoms with van der Waals surface area (Å²) < 4.78 is 14.2. The summed E-state index contributed by atoms with van der Waals surface area (Å²) >= 11 is 3.34. The molecule has 19 heavy (non-hydrogen) atoms. The number of benzene rings is 2. The standard InChI is InChI=1S/C16H17BrFN/c1-19-16(8-7-12-5-3-2-4-6-12)13-9-14(17)11-15(18)10-13/h2-6,9-11,16,19H,7-8H2,1H3. The molecule has 0 aliphatic carbocycles. The number of aryl methyl sites for hydroxylation is 1. The number of nitrogens with one attached hydrogen (secondary N) is 1.